The molecule has 3 N–H and O–H groups in total. The molecule has 1 aromatic carbocycles. The highest BCUT2D eigenvalue weighted by Gasteiger charge is 2.07. The predicted octanol–water partition coefficient (Wildman–Crippen LogP) is 1.81. The molecule has 0 fully saturated rings. The molecule has 5 nitrogen and oxygen atoms in total. The molecule has 0 atom stereocenters. The molecule has 0 saturated carbocycles. The standard InChI is InChI=1S/C12H15N3O2/c1-16-7-9-5-8(3-4-11(9)17-2)10-6-12(13)15-14-10/h3-6H,7H2,1-2H3,(H3,13,14,15). The largest absolute Gasteiger partial charge is 0.496 e. The number of benzene rings is 1. The molecular weight excluding hydrogens is 218 g/mol. The number of aromatic amines is 1. The van der Waals surface area contributed by atoms with E-state index in [9.17, 15) is 0 Å². The molecule has 0 saturated heterocycles. The van der Waals surface area contributed by atoms with Gasteiger partial charge in [0.2, 0.25) is 0 Å². The maximum absolute atomic E-state index is 5.58. The van der Waals surface area contributed by atoms with Crippen LogP contribution in [0.25, 0.3) is 11.3 Å². The topological polar surface area (TPSA) is 73.2 Å². The van der Waals surface area contributed by atoms with Gasteiger partial charge in [-0.05, 0) is 18.2 Å². The van der Waals surface area contributed by atoms with Crippen molar-refractivity contribution in [3.63, 3.8) is 0 Å². The van der Waals surface area contributed by atoms with Crippen LogP contribution in [-0.4, -0.2) is 24.4 Å². The molecule has 5 heteroatoms. The number of hydrogen-bond acceptors (Lipinski definition) is 4. The van der Waals surface area contributed by atoms with Crippen molar-refractivity contribution in [1.82, 2.24) is 10.2 Å². The second-order valence-electron chi connectivity index (χ2n) is 3.67. The average Bonchev–Trinajstić information content (AvgIpc) is 2.76. The number of aromatic nitrogens is 2. The van der Waals surface area contributed by atoms with E-state index in [4.69, 9.17) is 15.2 Å². The van der Waals surface area contributed by atoms with E-state index >= 15 is 0 Å². The molecule has 0 spiro atoms. The predicted molar refractivity (Wildman–Crippen MR) is 65.7 cm³/mol. The normalized spacial score (nSPS) is 10.5. The molecule has 0 unspecified atom stereocenters. The number of ether oxygens (including phenoxy) is 2. The Bertz CT molecular complexity index is 508. The number of rotatable bonds is 4. The second kappa shape index (κ2) is 4.88. The monoisotopic (exact) mass is 233 g/mol. The van der Waals surface area contributed by atoms with Gasteiger partial charge >= 0.3 is 0 Å². The molecule has 0 aliphatic carbocycles. The zero-order valence-electron chi connectivity index (χ0n) is 9.86. The fourth-order valence-corrected chi connectivity index (χ4v) is 1.70. The molecule has 1 heterocycles. The van der Waals surface area contributed by atoms with E-state index in [1.165, 1.54) is 0 Å². The van der Waals surface area contributed by atoms with Gasteiger partial charge in [-0.2, -0.15) is 5.10 Å². The molecule has 0 aliphatic rings. The van der Waals surface area contributed by atoms with E-state index in [1.54, 1.807) is 20.3 Å². The number of nitrogen functional groups attached to an aromatic ring is 1. The lowest BCUT2D eigenvalue weighted by atomic mass is 10.1. The number of hydrogen-bond donors (Lipinski definition) is 2. The van der Waals surface area contributed by atoms with Gasteiger partial charge in [0.1, 0.15) is 11.6 Å². The number of methoxy groups -OCH3 is 2. The van der Waals surface area contributed by atoms with Gasteiger partial charge in [-0.15, -0.1) is 0 Å². The summed E-state index contributed by atoms with van der Waals surface area (Å²) in [6, 6.07) is 7.64. The third-order valence-electron chi connectivity index (χ3n) is 2.49. The van der Waals surface area contributed by atoms with E-state index in [2.05, 4.69) is 10.2 Å². The Morgan fingerprint density at radius 3 is 2.71 bits per heavy atom. The first-order valence-electron chi connectivity index (χ1n) is 5.21. The van der Waals surface area contributed by atoms with Gasteiger partial charge in [-0.3, -0.25) is 5.10 Å². The Morgan fingerprint density at radius 1 is 1.29 bits per heavy atom. The first kappa shape index (κ1) is 11.5. The fraction of sp³-hybridized carbons (Fsp3) is 0.250. The Morgan fingerprint density at radius 2 is 2.12 bits per heavy atom. The van der Waals surface area contributed by atoms with Crippen LogP contribution in [0, 0.1) is 0 Å². The van der Waals surface area contributed by atoms with Gasteiger partial charge in [0.15, 0.2) is 0 Å². The molecule has 2 rings (SSSR count). The van der Waals surface area contributed by atoms with Gasteiger partial charge in [0.05, 0.1) is 19.4 Å². The number of anilines is 1. The minimum Gasteiger partial charge on any atom is -0.496 e. The molecule has 0 aliphatic heterocycles. The van der Waals surface area contributed by atoms with Crippen LogP contribution in [0.15, 0.2) is 24.3 Å². The van der Waals surface area contributed by atoms with Crippen molar-refractivity contribution < 1.29 is 9.47 Å². The maximum Gasteiger partial charge on any atom is 0.145 e. The minimum absolute atomic E-state index is 0.476. The van der Waals surface area contributed by atoms with Crippen LogP contribution in [-0.2, 0) is 11.3 Å². The molecule has 1 aromatic heterocycles. The summed E-state index contributed by atoms with van der Waals surface area (Å²) in [5, 5.41) is 6.77. The lowest BCUT2D eigenvalue weighted by Gasteiger charge is -2.09. The van der Waals surface area contributed by atoms with E-state index < -0.39 is 0 Å². The Kier molecular flexibility index (Phi) is 3.30. The zero-order valence-corrected chi connectivity index (χ0v) is 9.86. The zero-order chi connectivity index (χ0) is 12.3. The Hall–Kier alpha value is -2.01. The fourth-order valence-electron chi connectivity index (χ4n) is 1.70. The Balaban J connectivity index is 2.39. The van der Waals surface area contributed by atoms with Crippen LogP contribution in [0.2, 0.25) is 0 Å². The van der Waals surface area contributed by atoms with E-state index in [1.807, 2.05) is 18.2 Å². The summed E-state index contributed by atoms with van der Waals surface area (Å²) in [4.78, 5) is 0. The summed E-state index contributed by atoms with van der Waals surface area (Å²) in [5.41, 5.74) is 8.44. The third kappa shape index (κ3) is 2.39. The molecule has 0 bridgehead atoms. The third-order valence-corrected chi connectivity index (χ3v) is 2.49. The van der Waals surface area contributed by atoms with Gasteiger partial charge in [-0.1, -0.05) is 0 Å². The highest BCUT2D eigenvalue weighted by Crippen LogP contribution is 2.26. The highest BCUT2D eigenvalue weighted by molar-refractivity contribution is 5.64. The first-order chi connectivity index (χ1) is 8.24. The Labute approximate surface area is 99.5 Å². The van der Waals surface area contributed by atoms with Crippen LogP contribution in [0.1, 0.15) is 5.56 Å². The second-order valence-corrected chi connectivity index (χ2v) is 3.67. The van der Waals surface area contributed by atoms with Crippen molar-refractivity contribution in [1.29, 1.82) is 0 Å². The molecule has 0 amide bonds. The van der Waals surface area contributed by atoms with Crippen molar-refractivity contribution in [2.45, 2.75) is 6.61 Å². The van der Waals surface area contributed by atoms with Crippen LogP contribution in [0.3, 0.4) is 0 Å². The average molecular weight is 233 g/mol. The van der Waals surface area contributed by atoms with Crippen LogP contribution < -0.4 is 10.5 Å². The molecule has 90 valence electrons. The van der Waals surface area contributed by atoms with Crippen molar-refractivity contribution in [2.24, 2.45) is 0 Å². The van der Waals surface area contributed by atoms with Crippen LogP contribution in [0.5, 0.6) is 5.75 Å². The van der Waals surface area contributed by atoms with Crippen LogP contribution in [0.4, 0.5) is 5.82 Å². The molecule has 2 aromatic rings. The van der Waals surface area contributed by atoms with E-state index in [0.29, 0.717) is 12.4 Å². The van der Waals surface area contributed by atoms with Gasteiger partial charge in [-0.25, -0.2) is 0 Å². The lowest BCUT2D eigenvalue weighted by molar-refractivity contribution is 0.181. The quantitative estimate of drug-likeness (QED) is 0.844. The summed E-state index contributed by atoms with van der Waals surface area (Å²) in [7, 11) is 3.29. The first-order valence-corrected chi connectivity index (χ1v) is 5.21. The minimum atomic E-state index is 0.476. The SMILES string of the molecule is COCc1cc(-c2cc(N)n[nH]2)ccc1OC. The number of nitrogens with two attached hydrogens (primary N) is 1. The van der Waals surface area contributed by atoms with Gasteiger partial charge in [0.25, 0.3) is 0 Å². The highest BCUT2D eigenvalue weighted by atomic mass is 16.5. The lowest BCUT2D eigenvalue weighted by Crippen LogP contribution is -1.94. The summed E-state index contributed by atoms with van der Waals surface area (Å²) in [5.74, 6) is 1.28. The van der Waals surface area contributed by atoms with E-state index in [0.717, 1.165) is 22.6 Å². The van der Waals surface area contributed by atoms with Crippen LogP contribution >= 0.6 is 0 Å². The van der Waals surface area contributed by atoms with E-state index in [-0.39, 0.29) is 0 Å². The van der Waals surface area contributed by atoms with Crippen molar-refractivity contribution in [2.75, 3.05) is 20.0 Å². The number of nitrogens with zero attached hydrogens (tertiary/aromatic N) is 1. The summed E-state index contributed by atoms with van der Waals surface area (Å²) >= 11 is 0. The van der Waals surface area contributed by atoms with Crippen molar-refractivity contribution >= 4 is 5.82 Å². The van der Waals surface area contributed by atoms with Gasteiger partial charge < -0.3 is 15.2 Å². The summed E-state index contributed by atoms with van der Waals surface area (Å²) in [6.07, 6.45) is 0. The summed E-state index contributed by atoms with van der Waals surface area (Å²) < 4.78 is 10.4. The molecule has 17 heavy (non-hydrogen) atoms. The number of H-pyrrole nitrogens is 1. The van der Waals surface area contributed by atoms with Crippen molar-refractivity contribution in [3.8, 4) is 17.0 Å². The van der Waals surface area contributed by atoms with Gasteiger partial charge in [0, 0.05) is 24.3 Å². The molecular formula is C12H15N3O2. The molecule has 0 radical (unpaired) electrons. The maximum atomic E-state index is 5.58. The summed E-state index contributed by atoms with van der Waals surface area (Å²) in [6.45, 7) is 0.501. The number of nitrogens with one attached hydrogen (secondary N) is 1. The van der Waals surface area contributed by atoms with Crippen molar-refractivity contribution in [3.05, 3.63) is 29.8 Å². The smallest absolute Gasteiger partial charge is 0.145 e.